The minimum atomic E-state index is -0.498. The van der Waals surface area contributed by atoms with E-state index in [1.165, 1.54) is 0 Å². The molecule has 1 amide bonds. The first-order valence-corrected chi connectivity index (χ1v) is 4.37. The zero-order chi connectivity index (χ0) is 9.64. The highest BCUT2D eigenvalue weighted by Gasteiger charge is 2.38. The number of halogens is 1. The highest BCUT2D eigenvalue weighted by molar-refractivity contribution is 6.29. The zero-order valence-corrected chi connectivity index (χ0v) is 8.14. The van der Waals surface area contributed by atoms with Crippen LogP contribution in [0.5, 0.6) is 0 Å². The van der Waals surface area contributed by atoms with Crippen molar-refractivity contribution in [3.63, 3.8) is 0 Å². The quantitative estimate of drug-likeness (QED) is 0.645. The summed E-state index contributed by atoms with van der Waals surface area (Å²) in [7, 11) is 0. The fourth-order valence-electron chi connectivity index (χ4n) is 1.45. The van der Waals surface area contributed by atoms with Crippen LogP contribution in [0.3, 0.4) is 0 Å². The van der Waals surface area contributed by atoms with E-state index >= 15 is 0 Å². The molecule has 1 aromatic heterocycles. The third-order valence-corrected chi connectivity index (χ3v) is 2.57. The average molecular weight is 197 g/mol. The summed E-state index contributed by atoms with van der Waals surface area (Å²) in [5, 5.41) is 3.17. The van der Waals surface area contributed by atoms with Gasteiger partial charge in [-0.1, -0.05) is 11.6 Å². The lowest BCUT2D eigenvalue weighted by Gasteiger charge is -2.14. The molecule has 0 bridgehead atoms. The number of rotatable bonds is 0. The van der Waals surface area contributed by atoms with Crippen molar-refractivity contribution in [2.45, 2.75) is 19.3 Å². The number of anilines is 1. The number of aromatic nitrogens is 1. The lowest BCUT2D eigenvalue weighted by molar-refractivity contribution is -0.119. The van der Waals surface area contributed by atoms with Crippen molar-refractivity contribution in [2.75, 3.05) is 5.32 Å². The molecule has 68 valence electrons. The molecule has 0 radical (unpaired) electrons. The summed E-state index contributed by atoms with van der Waals surface area (Å²) in [4.78, 5) is 15.4. The molecule has 3 nitrogen and oxygen atoms in total. The Balaban J connectivity index is 2.64. The van der Waals surface area contributed by atoms with Crippen molar-refractivity contribution in [2.24, 2.45) is 0 Å². The van der Waals surface area contributed by atoms with Crippen LogP contribution in [0.2, 0.25) is 5.15 Å². The van der Waals surface area contributed by atoms with Gasteiger partial charge in [-0.15, -0.1) is 0 Å². The van der Waals surface area contributed by atoms with E-state index in [9.17, 15) is 4.79 Å². The van der Waals surface area contributed by atoms with Crippen molar-refractivity contribution >= 4 is 23.2 Å². The van der Waals surface area contributed by atoms with E-state index in [2.05, 4.69) is 10.3 Å². The van der Waals surface area contributed by atoms with Gasteiger partial charge < -0.3 is 5.32 Å². The molecular formula is C9H9ClN2O. The van der Waals surface area contributed by atoms with Crippen molar-refractivity contribution in [1.82, 2.24) is 4.98 Å². The number of carbonyl (C=O) groups is 1. The molecule has 0 fully saturated rings. The highest BCUT2D eigenvalue weighted by atomic mass is 35.5. The number of carbonyl (C=O) groups excluding carboxylic acids is 1. The highest BCUT2D eigenvalue weighted by Crippen LogP contribution is 2.37. The fourth-order valence-corrected chi connectivity index (χ4v) is 1.61. The monoisotopic (exact) mass is 196 g/mol. The maximum atomic E-state index is 11.5. The van der Waals surface area contributed by atoms with Crippen molar-refractivity contribution in [3.8, 4) is 0 Å². The Morgan fingerprint density at radius 3 is 2.92 bits per heavy atom. The Hall–Kier alpha value is -1.09. The molecule has 1 aliphatic rings. The normalized spacial score (nSPS) is 18.2. The number of amides is 1. The maximum Gasteiger partial charge on any atom is 0.234 e. The van der Waals surface area contributed by atoms with Crippen LogP contribution in [0.1, 0.15) is 19.4 Å². The maximum absolute atomic E-state index is 11.5. The number of fused-ring (bicyclic) bond motifs is 1. The third-order valence-electron chi connectivity index (χ3n) is 2.36. The molecule has 0 spiro atoms. The van der Waals surface area contributed by atoms with Gasteiger partial charge in [0.1, 0.15) is 5.15 Å². The molecular weight excluding hydrogens is 188 g/mol. The summed E-state index contributed by atoms with van der Waals surface area (Å²) >= 11 is 5.75. The summed E-state index contributed by atoms with van der Waals surface area (Å²) < 4.78 is 0. The van der Waals surface area contributed by atoms with E-state index in [-0.39, 0.29) is 5.91 Å². The van der Waals surface area contributed by atoms with Crippen molar-refractivity contribution in [1.29, 1.82) is 0 Å². The largest absolute Gasteiger partial charge is 0.324 e. The molecule has 2 heterocycles. The van der Waals surface area contributed by atoms with Gasteiger partial charge in [0.2, 0.25) is 5.91 Å². The van der Waals surface area contributed by atoms with Crippen LogP contribution in [0.25, 0.3) is 0 Å². The SMILES string of the molecule is CC1(C)C(=O)Nc2cnc(Cl)cc21. The van der Waals surface area contributed by atoms with Crippen LogP contribution in [0, 0.1) is 0 Å². The standard InChI is InChI=1S/C9H9ClN2O/c1-9(2)5-3-7(10)11-4-6(5)12-8(9)13/h3-4H,1-2H3,(H,12,13). The second kappa shape index (κ2) is 2.45. The van der Waals surface area contributed by atoms with E-state index in [1.54, 1.807) is 12.3 Å². The van der Waals surface area contributed by atoms with Crippen LogP contribution in [-0.2, 0) is 10.2 Å². The Kier molecular flexibility index (Phi) is 1.60. The molecule has 13 heavy (non-hydrogen) atoms. The van der Waals surface area contributed by atoms with Gasteiger partial charge in [-0.25, -0.2) is 4.98 Å². The Labute approximate surface area is 81.1 Å². The van der Waals surface area contributed by atoms with Gasteiger partial charge in [-0.3, -0.25) is 4.79 Å². The Bertz CT molecular complexity index is 387. The molecule has 1 aromatic rings. The molecule has 1 aliphatic heterocycles. The van der Waals surface area contributed by atoms with E-state index in [4.69, 9.17) is 11.6 Å². The predicted molar refractivity (Wildman–Crippen MR) is 50.9 cm³/mol. The number of hydrogen-bond acceptors (Lipinski definition) is 2. The average Bonchev–Trinajstić information content (AvgIpc) is 2.27. The number of nitrogens with zero attached hydrogens (tertiary/aromatic N) is 1. The van der Waals surface area contributed by atoms with Gasteiger partial charge in [0.25, 0.3) is 0 Å². The molecule has 0 unspecified atom stereocenters. The van der Waals surface area contributed by atoms with Gasteiger partial charge in [0.15, 0.2) is 0 Å². The van der Waals surface area contributed by atoms with Crippen LogP contribution in [0.4, 0.5) is 5.69 Å². The smallest absolute Gasteiger partial charge is 0.234 e. The lowest BCUT2D eigenvalue weighted by atomic mass is 9.87. The molecule has 1 N–H and O–H groups in total. The van der Waals surface area contributed by atoms with Crippen LogP contribution < -0.4 is 5.32 Å². The van der Waals surface area contributed by atoms with E-state index < -0.39 is 5.41 Å². The van der Waals surface area contributed by atoms with Gasteiger partial charge in [-0.05, 0) is 25.5 Å². The molecule has 2 rings (SSSR count). The van der Waals surface area contributed by atoms with Crippen LogP contribution >= 0.6 is 11.6 Å². The number of hydrogen-bond donors (Lipinski definition) is 1. The second-order valence-corrected chi connectivity index (χ2v) is 4.02. The predicted octanol–water partition coefficient (Wildman–Crippen LogP) is 1.96. The van der Waals surface area contributed by atoms with Gasteiger partial charge in [0.05, 0.1) is 17.3 Å². The Morgan fingerprint density at radius 2 is 2.23 bits per heavy atom. The second-order valence-electron chi connectivity index (χ2n) is 3.63. The fraction of sp³-hybridized carbons (Fsp3) is 0.333. The third kappa shape index (κ3) is 1.11. The molecule has 0 atom stereocenters. The van der Waals surface area contributed by atoms with Crippen molar-refractivity contribution in [3.05, 3.63) is 23.0 Å². The minimum absolute atomic E-state index is 0.00781. The summed E-state index contributed by atoms with van der Waals surface area (Å²) in [6, 6.07) is 1.73. The molecule has 0 saturated carbocycles. The van der Waals surface area contributed by atoms with Crippen LogP contribution in [0.15, 0.2) is 12.3 Å². The number of nitrogens with one attached hydrogen (secondary N) is 1. The van der Waals surface area contributed by atoms with Crippen LogP contribution in [-0.4, -0.2) is 10.9 Å². The van der Waals surface area contributed by atoms with E-state index in [0.717, 1.165) is 11.3 Å². The number of pyridine rings is 1. The molecule has 4 heteroatoms. The minimum Gasteiger partial charge on any atom is -0.324 e. The van der Waals surface area contributed by atoms with Crippen molar-refractivity contribution < 1.29 is 4.79 Å². The molecule has 0 aromatic carbocycles. The summed E-state index contributed by atoms with van der Waals surface area (Å²) in [5.41, 5.74) is 1.18. The lowest BCUT2D eigenvalue weighted by Crippen LogP contribution is -2.26. The van der Waals surface area contributed by atoms with Gasteiger partial charge >= 0.3 is 0 Å². The first-order valence-electron chi connectivity index (χ1n) is 3.99. The first-order chi connectivity index (χ1) is 6.01. The van der Waals surface area contributed by atoms with E-state index in [1.807, 2.05) is 13.8 Å². The van der Waals surface area contributed by atoms with Gasteiger partial charge in [0, 0.05) is 0 Å². The summed E-state index contributed by atoms with van der Waals surface area (Å²) in [6.07, 6.45) is 1.59. The topological polar surface area (TPSA) is 42.0 Å². The summed E-state index contributed by atoms with van der Waals surface area (Å²) in [6.45, 7) is 3.73. The first kappa shape index (κ1) is 8.51. The summed E-state index contributed by atoms with van der Waals surface area (Å²) in [5.74, 6) is -0.00781. The van der Waals surface area contributed by atoms with Gasteiger partial charge in [-0.2, -0.15) is 0 Å². The Morgan fingerprint density at radius 1 is 1.54 bits per heavy atom. The molecule has 0 aliphatic carbocycles. The molecule has 0 saturated heterocycles. The van der Waals surface area contributed by atoms with E-state index in [0.29, 0.717) is 5.15 Å². The zero-order valence-electron chi connectivity index (χ0n) is 7.39.